The number of nitrogens with zero attached hydrogens (tertiary/aromatic N) is 2. The fraction of sp³-hybridized carbons (Fsp3) is 0.250. The maximum absolute atomic E-state index is 12.0. The van der Waals surface area contributed by atoms with Crippen molar-refractivity contribution in [2.45, 2.75) is 26.5 Å². The van der Waals surface area contributed by atoms with Crippen LogP contribution in [0.4, 0.5) is 0 Å². The molecule has 0 fully saturated rings. The molecule has 0 aliphatic rings. The standard InChI is InChI=1S/C20H20ClN3O3/c1-13-8-9-16(10-17(13)21)19-23-20(27-24-19)14(2)22-18(25)12-26-11-15-6-4-3-5-7-15/h3-10,14H,11-12H2,1-2H3,(H,22,25). The molecule has 2 aromatic carbocycles. The van der Waals surface area contributed by atoms with Crippen LogP contribution in [0.5, 0.6) is 0 Å². The Hall–Kier alpha value is -2.70. The third kappa shape index (κ3) is 5.15. The van der Waals surface area contributed by atoms with E-state index in [4.69, 9.17) is 20.9 Å². The lowest BCUT2D eigenvalue weighted by molar-refractivity contribution is -0.126. The highest BCUT2D eigenvalue weighted by Crippen LogP contribution is 2.24. The quantitative estimate of drug-likeness (QED) is 0.662. The Balaban J connectivity index is 1.53. The zero-order chi connectivity index (χ0) is 19.2. The number of hydrogen-bond donors (Lipinski definition) is 1. The van der Waals surface area contributed by atoms with E-state index >= 15 is 0 Å². The molecule has 27 heavy (non-hydrogen) atoms. The fourth-order valence-corrected chi connectivity index (χ4v) is 2.62. The third-order valence-electron chi connectivity index (χ3n) is 3.96. The van der Waals surface area contributed by atoms with Crippen molar-refractivity contribution in [3.8, 4) is 11.4 Å². The van der Waals surface area contributed by atoms with Gasteiger partial charge in [-0.2, -0.15) is 4.98 Å². The molecule has 0 bridgehead atoms. The van der Waals surface area contributed by atoms with E-state index in [2.05, 4.69) is 15.5 Å². The average Bonchev–Trinajstić information content (AvgIpc) is 3.15. The summed E-state index contributed by atoms with van der Waals surface area (Å²) in [4.78, 5) is 16.4. The lowest BCUT2D eigenvalue weighted by atomic mass is 10.1. The topological polar surface area (TPSA) is 77.2 Å². The molecule has 1 heterocycles. The summed E-state index contributed by atoms with van der Waals surface area (Å²) in [5, 5.41) is 7.38. The highest BCUT2D eigenvalue weighted by Gasteiger charge is 2.17. The first-order chi connectivity index (χ1) is 13.0. The third-order valence-corrected chi connectivity index (χ3v) is 4.37. The van der Waals surface area contributed by atoms with E-state index in [9.17, 15) is 4.79 Å². The van der Waals surface area contributed by atoms with Crippen LogP contribution < -0.4 is 5.32 Å². The predicted octanol–water partition coefficient (Wildman–Crippen LogP) is 4.09. The van der Waals surface area contributed by atoms with Gasteiger partial charge in [0.25, 0.3) is 0 Å². The summed E-state index contributed by atoms with van der Waals surface area (Å²) < 4.78 is 10.7. The predicted molar refractivity (Wildman–Crippen MR) is 102 cm³/mol. The van der Waals surface area contributed by atoms with Crippen molar-refractivity contribution in [1.82, 2.24) is 15.5 Å². The molecule has 0 radical (unpaired) electrons. The summed E-state index contributed by atoms with van der Waals surface area (Å²) in [6.07, 6.45) is 0. The second-order valence-electron chi connectivity index (χ2n) is 6.19. The minimum atomic E-state index is -0.431. The van der Waals surface area contributed by atoms with Gasteiger partial charge in [0.15, 0.2) is 0 Å². The van der Waals surface area contributed by atoms with Crippen molar-refractivity contribution in [1.29, 1.82) is 0 Å². The van der Waals surface area contributed by atoms with Gasteiger partial charge in [0.2, 0.25) is 17.6 Å². The molecule has 0 aliphatic heterocycles. The highest BCUT2D eigenvalue weighted by molar-refractivity contribution is 6.31. The van der Waals surface area contributed by atoms with Gasteiger partial charge < -0.3 is 14.6 Å². The van der Waals surface area contributed by atoms with Gasteiger partial charge in [-0.25, -0.2) is 0 Å². The molecule has 0 saturated heterocycles. The lowest BCUT2D eigenvalue weighted by Gasteiger charge is -2.10. The largest absolute Gasteiger partial charge is 0.367 e. The Morgan fingerprint density at radius 3 is 2.78 bits per heavy atom. The number of carbonyl (C=O) groups excluding carboxylic acids is 1. The molecule has 0 spiro atoms. The van der Waals surface area contributed by atoms with Crippen molar-refractivity contribution in [2.24, 2.45) is 0 Å². The van der Waals surface area contributed by atoms with Crippen LogP contribution in [0.3, 0.4) is 0 Å². The van der Waals surface area contributed by atoms with Gasteiger partial charge in [-0.1, -0.05) is 59.2 Å². The van der Waals surface area contributed by atoms with Crippen LogP contribution in [0.15, 0.2) is 53.1 Å². The number of amides is 1. The summed E-state index contributed by atoms with van der Waals surface area (Å²) >= 11 is 6.14. The molecule has 3 rings (SSSR count). The van der Waals surface area contributed by atoms with Crippen LogP contribution in [0.1, 0.15) is 30.0 Å². The van der Waals surface area contributed by atoms with Crippen molar-refractivity contribution in [3.05, 3.63) is 70.6 Å². The fourth-order valence-electron chi connectivity index (χ4n) is 2.44. The monoisotopic (exact) mass is 385 g/mol. The van der Waals surface area contributed by atoms with Crippen molar-refractivity contribution >= 4 is 17.5 Å². The first-order valence-corrected chi connectivity index (χ1v) is 8.92. The van der Waals surface area contributed by atoms with Gasteiger partial charge in [0.1, 0.15) is 12.6 Å². The van der Waals surface area contributed by atoms with Gasteiger partial charge in [-0.05, 0) is 31.0 Å². The average molecular weight is 386 g/mol. The molecule has 3 aromatic rings. The van der Waals surface area contributed by atoms with Gasteiger partial charge in [-0.3, -0.25) is 4.79 Å². The van der Waals surface area contributed by atoms with Crippen molar-refractivity contribution in [3.63, 3.8) is 0 Å². The Bertz CT molecular complexity index is 912. The first-order valence-electron chi connectivity index (χ1n) is 8.54. The lowest BCUT2D eigenvalue weighted by Crippen LogP contribution is -2.30. The normalized spacial score (nSPS) is 12.0. The molecule has 1 unspecified atom stereocenters. The van der Waals surface area contributed by atoms with Gasteiger partial charge in [0, 0.05) is 10.6 Å². The number of rotatable bonds is 7. The Kier molecular flexibility index (Phi) is 6.21. The molecule has 1 N–H and O–H groups in total. The van der Waals surface area contributed by atoms with E-state index in [1.54, 1.807) is 13.0 Å². The molecule has 6 nitrogen and oxygen atoms in total. The van der Waals surface area contributed by atoms with Crippen LogP contribution in [-0.4, -0.2) is 22.7 Å². The molecule has 0 aliphatic carbocycles. The maximum atomic E-state index is 12.0. The summed E-state index contributed by atoms with van der Waals surface area (Å²) in [6, 6.07) is 14.8. The number of nitrogens with one attached hydrogen (secondary N) is 1. The highest BCUT2D eigenvalue weighted by atomic mass is 35.5. The smallest absolute Gasteiger partial charge is 0.249 e. The molecular weight excluding hydrogens is 366 g/mol. The first kappa shape index (κ1) is 19.1. The number of hydrogen-bond acceptors (Lipinski definition) is 5. The minimum absolute atomic E-state index is 0.0478. The Labute approximate surface area is 162 Å². The SMILES string of the molecule is Cc1ccc(-c2noc(C(C)NC(=O)COCc3ccccc3)n2)cc1Cl. The summed E-state index contributed by atoms with van der Waals surface area (Å²) in [6.45, 7) is 4.02. The summed E-state index contributed by atoms with van der Waals surface area (Å²) in [5.41, 5.74) is 2.74. The van der Waals surface area contributed by atoms with Crippen LogP contribution in [0.2, 0.25) is 5.02 Å². The molecule has 0 saturated carbocycles. The summed E-state index contributed by atoms with van der Waals surface area (Å²) in [5.74, 6) is 0.489. The number of aryl methyl sites for hydroxylation is 1. The van der Waals surface area contributed by atoms with Crippen LogP contribution in [0.25, 0.3) is 11.4 Å². The minimum Gasteiger partial charge on any atom is -0.367 e. The number of halogens is 1. The van der Waals surface area contributed by atoms with Gasteiger partial charge in [-0.15, -0.1) is 0 Å². The van der Waals surface area contributed by atoms with Gasteiger partial charge >= 0.3 is 0 Å². The molecule has 1 atom stereocenters. The van der Waals surface area contributed by atoms with Crippen LogP contribution >= 0.6 is 11.6 Å². The Morgan fingerprint density at radius 2 is 2.04 bits per heavy atom. The van der Waals surface area contributed by atoms with E-state index < -0.39 is 6.04 Å². The molecule has 1 amide bonds. The number of ether oxygens (including phenoxy) is 1. The van der Waals surface area contributed by atoms with Crippen LogP contribution in [-0.2, 0) is 16.1 Å². The zero-order valence-electron chi connectivity index (χ0n) is 15.1. The van der Waals surface area contributed by atoms with E-state index in [-0.39, 0.29) is 12.5 Å². The van der Waals surface area contributed by atoms with Gasteiger partial charge in [0.05, 0.1) is 6.61 Å². The molecular formula is C20H20ClN3O3. The number of aromatic nitrogens is 2. The van der Waals surface area contributed by atoms with E-state index in [0.29, 0.717) is 23.3 Å². The second-order valence-corrected chi connectivity index (χ2v) is 6.59. The zero-order valence-corrected chi connectivity index (χ0v) is 15.9. The second kappa shape index (κ2) is 8.79. The molecule has 140 valence electrons. The summed E-state index contributed by atoms with van der Waals surface area (Å²) in [7, 11) is 0. The maximum Gasteiger partial charge on any atom is 0.249 e. The van der Waals surface area contributed by atoms with Crippen molar-refractivity contribution in [2.75, 3.05) is 6.61 Å². The van der Waals surface area contributed by atoms with E-state index in [1.165, 1.54) is 0 Å². The van der Waals surface area contributed by atoms with E-state index in [1.807, 2.05) is 49.4 Å². The Morgan fingerprint density at radius 1 is 1.26 bits per heavy atom. The number of carbonyl (C=O) groups is 1. The molecule has 1 aromatic heterocycles. The van der Waals surface area contributed by atoms with Crippen molar-refractivity contribution < 1.29 is 14.1 Å². The molecule has 7 heteroatoms. The van der Waals surface area contributed by atoms with Crippen LogP contribution in [0, 0.1) is 6.92 Å². The van der Waals surface area contributed by atoms with E-state index in [0.717, 1.165) is 16.7 Å². The number of benzene rings is 2.